The third kappa shape index (κ3) is 2.10. The maximum atomic E-state index is 11.8. The van der Waals surface area contributed by atoms with Crippen LogP contribution in [0.1, 0.15) is 19.3 Å². The molecule has 2 fully saturated rings. The van der Waals surface area contributed by atoms with Crippen molar-refractivity contribution in [2.45, 2.75) is 19.3 Å². The van der Waals surface area contributed by atoms with E-state index >= 15 is 0 Å². The van der Waals surface area contributed by atoms with E-state index < -0.39 is 0 Å². The van der Waals surface area contributed by atoms with E-state index in [0.29, 0.717) is 25.6 Å². The highest BCUT2D eigenvalue weighted by molar-refractivity contribution is 6.35. The molecule has 1 aliphatic carbocycles. The molecule has 4 heteroatoms. The van der Waals surface area contributed by atoms with Gasteiger partial charge in [0.1, 0.15) is 0 Å². The van der Waals surface area contributed by atoms with E-state index in [4.69, 9.17) is 0 Å². The van der Waals surface area contributed by atoms with Gasteiger partial charge in [-0.3, -0.25) is 9.59 Å². The number of carbonyl (C=O) groups excluding carboxylic acids is 2. The first-order valence-electron chi connectivity index (χ1n) is 5.91. The van der Waals surface area contributed by atoms with Gasteiger partial charge in [0.25, 0.3) is 0 Å². The van der Waals surface area contributed by atoms with Crippen molar-refractivity contribution in [1.82, 2.24) is 9.80 Å². The normalized spacial score (nSPS) is 22.2. The van der Waals surface area contributed by atoms with Crippen molar-refractivity contribution in [2.24, 2.45) is 5.92 Å². The van der Waals surface area contributed by atoms with E-state index in [1.807, 2.05) is 0 Å². The minimum absolute atomic E-state index is 0.333. The SMILES string of the molecule is C=CCN1CCN(CC2CCC2)C(=O)C1=O. The van der Waals surface area contributed by atoms with Gasteiger partial charge in [0.2, 0.25) is 0 Å². The molecule has 2 amide bonds. The first-order chi connectivity index (χ1) is 7.72. The summed E-state index contributed by atoms with van der Waals surface area (Å²) >= 11 is 0. The lowest BCUT2D eigenvalue weighted by atomic mass is 9.85. The molecule has 1 saturated heterocycles. The van der Waals surface area contributed by atoms with E-state index in [9.17, 15) is 9.59 Å². The second-order valence-corrected chi connectivity index (χ2v) is 4.59. The summed E-state index contributed by atoms with van der Waals surface area (Å²) in [6.07, 6.45) is 5.33. The Balaban J connectivity index is 1.91. The zero-order valence-corrected chi connectivity index (χ0v) is 9.52. The zero-order valence-electron chi connectivity index (χ0n) is 9.52. The van der Waals surface area contributed by atoms with Gasteiger partial charge in [-0.25, -0.2) is 0 Å². The summed E-state index contributed by atoms with van der Waals surface area (Å²) in [5, 5.41) is 0. The van der Waals surface area contributed by atoms with Crippen molar-refractivity contribution in [3.05, 3.63) is 12.7 Å². The van der Waals surface area contributed by atoms with Crippen molar-refractivity contribution in [3.8, 4) is 0 Å². The van der Waals surface area contributed by atoms with Crippen LogP contribution in [0.5, 0.6) is 0 Å². The summed E-state index contributed by atoms with van der Waals surface area (Å²) < 4.78 is 0. The first kappa shape index (κ1) is 11.2. The number of carbonyl (C=O) groups is 2. The van der Waals surface area contributed by atoms with E-state index in [0.717, 1.165) is 6.54 Å². The van der Waals surface area contributed by atoms with Crippen LogP contribution in [0.2, 0.25) is 0 Å². The molecule has 0 aromatic carbocycles. The predicted octanol–water partition coefficient (Wildman–Crippen LogP) is 0.643. The van der Waals surface area contributed by atoms with Crippen LogP contribution in [0.25, 0.3) is 0 Å². The summed E-state index contributed by atoms with van der Waals surface area (Å²) in [6, 6.07) is 0. The topological polar surface area (TPSA) is 40.6 Å². The van der Waals surface area contributed by atoms with Crippen LogP contribution in [0.3, 0.4) is 0 Å². The lowest BCUT2D eigenvalue weighted by Crippen LogP contribution is -2.55. The Hall–Kier alpha value is -1.32. The number of hydrogen-bond acceptors (Lipinski definition) is 2. The van der Waals surface area contributed by atoms with E-state index in [1.54, 1.807) is 15.9 Å². The Kier molecular flexibility index (Phi) is 3.27. The molecule has 88 valence electrons. The maximum absolute atomic E-state index is 11.8. The summed E-state index contributed by atoms with van der Waals surface area (Å²) in [5.41, 5.74) is 0. The minimum Gasteiger partial charge on any atom is -0.332 e. The lowest BCUT2D eigenvalue weighted by molar-refractivity contribution is -0.156. The number of rotatable bonds is 4. The molecule has 0 atom stereocenters. The van der Waals surface area contributed by atoms with Crippen molar-refractivity contribution in [1.29, 1.82) is 0 Å². The third-order valence-corrected chi connectivity index (χ3v) is 3.45. The van der Waals surface area contributed by atoms with Crippen LogP contribution in [-0.2, 0) is 9.59 Å². The average Bonchev–Trinajstić information content (AvgIpc) is 2.21. The van der Waals surface area contributed by atoms with Crippen LogP contribution < -0.4 is 0 Å². The van der Waals surface area contributed by atoms with Crippen molar-refractivity contribution in [2.75, 3.05) is 26.2 Å². The van der Waals surface area contributed by atoms with E-state index in [1.165, 1.54) is 19.3 Å². The summed E-state index contributed by atoms with van der Waals surface area (Å²) in [7, 11) is 0. The van der Waals surface area contributed by atoms with Gasteiger partial charge in [0.05, 0.1) is 0 Å². The van der Waals surface area contributed by atoms with Crippen LogP contribution in [0, 0.1) is 5.92 Å². The molecule has 0 unspecified atom stereocenters. The Morgan fingerprint density at radius 3 is 2.38 bits per heavy atom. The molecule has 0 N–H and O–H groups in total. The Labute approximate surface area is 95.9 Å². The van der Waals surface area contributed by atoms with Crippen LogP contribution in [0.15, 0.2) is 12.7 Å². The van der Waals surface area contributed by atoms with Gasteiger partial charge in [-0.05, 0) is 18.8 Å². The summed E-state index contributed by atoms with van der Waals surface area (Å²) in [5.74, 6) is -0.0758. The highest BCUT2D eigenvalue weighted by atomic mass is 16.2. The summed E-state index contributed by atoms with van der Waals surface area (Å²) in [6.45, 7) is 6.15. The fourth-order valence-electron chi connectivity index (χ4n) is 2.21. The molecule has 0 bridgehead atoms. The summed E-state index contributed by atoms with van der Waals surface area (Å²) in [4.78, 5) is 26.8. The van der Waals surface area contributed by atoms with Gasteiger partial charge in [0.15, 0.2) is 0 Å². The highest BCUT2D eigenvalue weighted by Gasteiger charge is 2.33. The molecule has 1 heterocycles. The first-order valence-corrected chi connectivity index (χ1v) is 5.91. The van der Waals surface area contributed by atoms with Gasteiger partial charge < -0.3 is 9.80 Å². The van der Waals surface area contributed by atoms with Crippen molar-refractivity contribution >= 4 is 11.8 Å². The number of piperazine rings is 1. The molecule has 2 rings (SSSR count). The molecule has 0 spiro atoms. The van der Waals surface area contributed by atoms with Gasteiger partial charge in [-0.1, -0.05) is 12.5 Å². The average molecular weight is 222 g/mol. The molecule has 0 radical (unpaired) electrons. The Morgan fingerprint density at radius 2 is 1.81 bits per heavy atom. The van der Waals surface area contributed by atoms with E-state index in [2.05, 4.69) is 6.58 Å². The molecular weight excluding hydrogens is 204 g/mol. The van der Waals surface area contributed by atoms with Crippen molar-refractivity contribution < 1.29 is 9.59 Å². The quantitative estimate of drug-likeness (QED) is 0.517. The zero-order chi connectivity index (χ0) is 11.5. The van der Waals surface area contributed by atoms with Crippen LogP contribution >= 0.6 is 0 Å². The van der Waals surface area contributed by atoms with Gasteiger partial charge in [-0.2, -0.15) is 0 Å². The van der Waals surface area contributed by atoms with Gasteiger partial charge in [0, 0.05) is 26.2 Å². The maximum Gasteiger partial charge on any atom is 0.312 e. The molecule has 0 aromatic rings. The molecule has 2 aliphatic rings. The molecule has 1 saturated carbocycles. The molecule has 1 aliphatic heterocycles. The monoisotopic (exact) mass is 222 g/mol. The van der Waals surface area contributed by atoms with Crippen molar-refractivity contribution in [3.63, 3.8) is 0 Å². The third-order valence-electron chi connectivity index (χ3n) is 3.45. The van der Waals surface area contributed by atoms with Gasteiger partial charge >= 0.3 is 11.8 Å². The molecule has 4 nitrogen and oxygen atoms in total. The second kappa shape index (κ2) is 4.68. The molecule has 0 aromatic heterocycles. The molecule has 16 heavy (non-hydrogen) atoms. The number of amides is 2. The largest absolute Gasteiger partial charge is 0.332 e. The standard InChI is InChI=1S/C12H18N2O2/c1-2-6-13-7-8-14(12(16)11(13)15)9-10-4-3-5-10/h2,10H,1,3-9H2. The predicted molar refractivity (Wildman–Crippen MR) is 60.7 cm³/mol. The fraction of sp³-hybridized carbons (Fsp3) is 0.667. The van der Waals surface area contributed by atoms with Gasteiger partial charge in [-0.15, -0.1) is 6.58 Å². The lowest BCUT2D eigenvalue weighted by Gasteiger charge is -2.37. The second-order valence-electron chi connectivity index (χ2n) is 4.59. The number of hydrogen-bond donors (Lipinski definition) is 0. The Morgan fingerprint density at radius 1 is 1.19 bits per heavy atom. The fourth-order valence-corrected chi connectivity index (χ4v) is 2.21. The number of nitrogens with zero attached hydrogens (tertiary/aromatic N) is 2. The van der Waals surface area contributed by atoms with Crippen LogP contribution in [-0.4, -0.2) is 47.8 Å². The highest BCUT2D eigenvalue weighted by Crippen LogP contribution is 2.27. The van der Waals surface area contributed by atoms with Crippen LogP contribution in [0.4, 0.5) is 0 Å². The Bertz CT molecular complexity index is 310. The van der Waals surface area contributed by atoms with E-state index in [-0.39, 0.29) is 11.8 Å². The minimum atomic E-state index is -0.370. The smallest absolute Gasteiger partial charge is 0.312 e. The molecular formula is C12H18N2O2.